The number of rotatable bonds is 8. The predicted molar refractivity (Wildman–Crippen MR) is 142 cm³/mol. The van der Waals surface area contributed by atoms with Crippen molar-refractivity contribution in [2.75, 3.05) is 25.0 Å². The van der Waals surface area contributed by atoms with Crippen LogP contribution in [0.1, 0.15) is 49.9 Å². The molecule has 7 nitrogen and oxygen atoms in total. The Morgan fingerprint density at radius 2 is 1.85 bits per heavy atom. The molecule has 1 aliphatic heterocycles. The van der Waals surface area contributed by atoms with E-state index in [1.54, 1.807) is 40.7 Å². The van der Waals surface area contributed by atoms with Gasteiger partial charge in [0.15, 0.2) is 5.11 Å². The highest BCUT2D eigenvalue weighted by atomic mass is 79.9. The summed E-state index contributed by atoms with van der Waals surface area (Å²) in [7, 11) is -3.52. The average molecular weight is 569 g/mol. The molecule has 1 fully saturated rings. The van der Waals surface area contributed by atoms with Crippen LogP contribution in [0.4, 0.5) is 5.69 Å². The molecule has 1 aliphatic rings. The van der Waals surface area contributed by atoms with E-state index in [4.69, 9.17) is 17.0 Å². The molecular weight excluding hydrogens is 538 g/mol. The first-order valence-corrected chi connectivity index (χ1v) is 14.0. The smallest absolute Gasteiger partial charge is 0.261 e. The van der Waals surface area contributed by atoms with E-state index in [0.717, 1.165) is 30.2 Å². The van der Waals surface area contributed by atoms with E-state index in [-0.39, 0.29) is 10.0 Å². The maximum atomic E-state index is 12.9. The van der Waals surface area contributed by atoms with Crippen LogP contribution in [0.15, 0.2) is 51.8 Å². The van der Waals surface area contributed by atoms with Crippen LogP contribution in [0.5, 0.6) is 5.75 Å². The third kappa shape index (κ3) is 7.00. The molecule has 0 aromatic heterocycles. The lowest BCUT2D eigenvalue weighted by Gasteiger charge is -2.29. The van der Waals surface area contributed by atoms with Crippen LogP contribution in [0.2, 0.25) is 0 Å². The van der Waals surface area contributed by atoms with Gasteiger partial charge in [0.2, 0.25) is 10.0 Å². The first-order valence-electron chi connectivity index (χ1n) is 11.4. The first-order chi connectivity index (χ1) is 16.2. The van der Waals surface area contributed by atoms with Crippen molar-refractivity contribution >= 4 is 54.9 Å². The van der Waals surface area contributed by atoms with Gasteiger partial charge < -0.3 is 10.1 Å². The van der Waals surface area contributed by atoms with Crippen LogP contribution >= 0.6 is 28.1 Å². The molecule has 0 bridgehead atoms. The summed E-state index contributed by atoms with van der Waals surface area (Å²) in [6.45, 7) is 5.81. The van der Waals surface area contributed by atoms with E-state index in [0.29, 0.717) is 42.6 Å². The molecule has 2 aromatic carbocycles. The number of hydrogen-bond acceptors (Lipinski definition) is 5. The summed E-state index contributed by atoms with van der Waals surface area (Å²) in [5.74, 6) is 0.632. The fraction of sp³-hybridized carbons (Fsp3) is 0.417. The molecule has 1 heterocycles. The van der Waals surface area contributed by atoms with E-state index in [2.05, 4.69) is 40.4 Å². The van der Waals surface area contributed by atoms with Gasteiger partial charge in [0, 0.05) is 23.2 Å². The van der Waals surface area contributed by atoms with Crippen molar-refractivity contribution in [1.29, 1.82) is 0 Å². The van der Waals surface area contributed by atoms with Gasteiger partial charge in [0.1, 0.15) is 5.75 Å². The van der Waals surface area contributed by atoms with Crippen molar-refractivity contribution in [3.8, 4) is 5.75 Å². The number of hydrogen-bond donors (Lipinski definition) is 2. The minimum atomic E-state index is -3.52. The third-order valence-corrected chi connectivity index (χ3v) is 8.27. The molecule has 0 unspecified atom stereocenters. The van der Waals surface area contributed by atoms with Gasteiger partial charge in [-0.2, -0.15) is 4.31 Å². The summed E-state index contributed by atoms with van der Waals surface area (Å²) < 4.78 is 33.8. The lowest BCUT2D eigenvalue weighted by atomic mass is 10.0. The quantitative estimate of drug-likeness (QED) is 0.337. The maximum absolute atomic E-state index is 12.9. The largest absolute Gasteiger partial charge is 0.493 e. The molecule has 34 heavy (non-hydrogen) atoms. The van der Waals surface area contributed by atoms with Crippen molar-refractivity contribution in [2.24, 2.45) is 5.92 Å². The highest BCUT2D eigenvalue weighted by molar-refractivity contribution is 9.10. The van der Waals surface area contributed by atoms with Crippen molar-refractivity contribution in [1.82, 2.24) is 9.62 Å². The van der Waals surface area contributed by atoms with Crippen molar-refractivity contribution in [2.45, 2.75) is 44.4 Å². The molecule has 0 atom stereocenters. The fourth-order valence-corrected chi connectivity index (χ4v) is 5.59. The second-order valence-electron chi connectivity index (χ2n) is 8.36. The number of nitrogens with one attached hydrogen (secondary N) is 2. The standard InChI is InChI=1S/C24H30BrN3O4S2/c1-3-4-15-32-22-10-5-18(25)16-21(22)23(29)27-24(33)26-19-6-8-20(9-7-19)34(30,31)28-13-11-17(2)12-14-28/h5-10,16-17H,3-4,11-15H2,1-2H3,(H2,26,27,29,33). The van der Waals surface area contributed by atoms with Gasteiger partial charge in [-0.05, 0) is 79.9 Å². The highest BCUT2D eigenvalue weighted by Gasteiger charge is 2.28. The second kappa shape index (κ2) is 12.1. The van der Waals surface area contributed by atoms with Gasteiger partial charge in [-0.1, -0.05) is 36.2 Å². The Morgan fingerprint density at radius 3 is 2.50 bits per heavy atom. The van der Waals surface area contributed by atoms with Gasteiger partial charge in [-0.25, -0.2) is 8.42 Å². The number of amides is 1. The highest BCUT2D eigenvalue weighted by Crippen LogP contribution is 2.25. The van der Waals surface area contributed by atoms with E-state index in [9.17, 15) is 13.2 Å². The normalized spacial score (nSPS) is 15.0. The summed E-state index contributed by atoms with van der Waals surface area (Å²) >= 11 is 8.68. The van der Waals surface area contributed by atoms with Crippen LogP contribution in [-0.4, -0.2) is 43.4 Å². The lowest BCUT2D eigenvalue weighted by Crippen LogP contribution is -2.37. The van der Waals surface area contributed by atoms with Gasteiger partial charge in [0.05, 0.1) is 17.1 Å². The first kappa shape index (κ1) is 26.6. The van der Waals surface area contributed by atoms with Gasteiger partial charge in [0.25, 0.3) is 5.91 Å². The summed E-state index contributed by atoms with van der Waals surface area (Å²) in [5.41, 5.74) is 0.942. The Balaban J connectivity index is 1.62. The maximum Gasteiger partial charge on any atom is 0.261 e. The summed E-state index contributed by atoms with van der Waals surface area (Å²) in [5, 5.41) is 5.69. The number of piperidine rings is 1. The molecule has 0 saturated carbocycles. The van der Waals surface area contributed by atoms with E-state index in [1.165, 1.54) is 0 Å². The Morgan fingerprint density at radius 1 is 1.18 bits per heavy atom. The Hall–Kier alpha value is -2.01. The molecule has 184 valence electrons. The molecule has 1 amide bonds. The van der Waals surface area contributed by atoms with E-state index < -0.39 is 15.9 Å². The summed E-state index contributed by atoms with van der Waals surface area (Å²) in [6.07, 6.45) is 3.62. The van der Waals surface area contributed by atoms with E-state index in [1.807, 2.05) is 6.07 Å². The Kier molecular flexibility index (Phi) is 9.47. The molecule has 0 radical (unpaired) electrons. The second-order valence-corrected chi connectivity index (χ2v) is 11.6. The monoisotopic (exact) mass is 567 g/mol. The summed E-state index contributed by atoms with van der Waals surface area (Å²) in [6, 6.07) is 11.6. The molecule has 2 N–H and O–H groups in total. The fourth-order valence-electron chi connectivity index (χ4n) is 3.55. The number of carbonyl (C=O) groups is 1. The molecule has 10 heteroatoms. The van der Waals surface area contributed by atoms with Crippen molar-refractivity contribution in [3.05, 3.63) is 52.5 Å². The predicted octanol–water partition coefficient (Wildman–Crippen LogP) is 5.18. The molecule has 0 spiro atoms. The molecular formula is C24H30BrN3O4S2. The van der Waals surface area contributed by atoms with Gasteiger partial charge in [-0.3, -0.25) is 10.1 Å². The van der Waals surface area contributed by atoms with Crippen LogP contribution in [-0.2, 0) is 10.0 Å². The average Bonchev–Trinajstić information content (AvgIpc) is 2.80. The topological polar surface area (TPSA) is 87.7 Å². The zero-order chi connectivity index (χ0) is 24.7. The number of ether oxygens (including phenoxy) is 1. The number of thiocarbonyl (C=S) groups is 1. The number of carbonyl (C=O) groups excluding carboxylic acids is 1. The van der Waals surface area contributed by atoms with Crippen LogP contribution < -0.4 is 15.4 Å². The number of nitrogens with zero attached hydrogens (tertiary/aromatic N) is 1. The minimum absolute atomic E-state index is 0.102. The number of halogens is 1. The number of anilines is 1. The Bertz CT molecular complexity index is 1120. The number of sulfonamides is 1. The van der Waals surface area contributed by atoms with Crippen LogP contribution in [0, 0.1) is 5.92 Å². The van der Waals surface area contributed by atoms with Crippen molar-refractivity contribution < 1.29 is 17.9 Å². The molecule has 1 saturated heterocycles. The number of unbranched alkanes of at least 4 members (excludes halogenated alkanes) is 1. The van der Waals surface area contributed by atoms with Gasteiger partial charge in [-0.15, -0.1) is 0 Å². The van der Waals surface area contributed by atoms with Crippen LogP contribution in [0.25, 0.3) is 0 Å². The molecule has 3 rings (SSSR count). The summed E-state index contributed by atoms with van der Waals surface area (Å²) in [4.78, 5) is 13.1. The zero-order valence-corrected chi connectivity index (χ0v) is 22.6. The van der Waals surface area contributed by atoms with Crippen molar-refractivity contribution in [3.63, 3.8) is 0 Å². The molecule has 0 aliphatic carbocycles. The number of benzene rings is 2. The van der Waals surface area contributed by atoms with Crippen LogP contribution in [0.3, 0.4) is 0 Å². The lowest BCUT2D eigenvalue weighted by molar-refractivity contribution is 0.0973. The molecule has 2 aromatic rings. The van der Waals surface area contributed by atoms with E-state index >= 15 is 0 Å². The third-order valence-electron chi connectivity index (χ3n) is 5.66. The van der Waals surface area contributed by atoms with Gasteiger partial charge >= 0.3 is 0 Å². The minimum Gasteiger partial charge on any atom is -0.493 e. The Labute approximate surface area is 215 Å². The zero-order valence-electron chi connectivity index (χ0n) is 19.3. The SMILES string of the molecule is CCCCOc1ccc(Br)cc1C(=O)NC(=S)Nc1ccc(S(=O)(=O)N2CCC(C)CC2)cc1.